The van der Waals surface area contributed by atoms with Crippen LogP contribution in [-0.2, 0) is 6.42 Å². The minimum atomic E-state index is -0.386. The van der Waals surface area contributed by atoms with Crippen molar-refractivity contribution in [1.29, 1.82) is 0 Å². The molecule has 1 aromatic carbocycles. The lowest BCUT2D eigenvalue weighted by Gasteiger charge is -2.07. The summed E-state index contributed by atoms with van der Waals surface area (Å²) < 4.78 is 13.6. The van der Waals surface area contributed by atoms with Crippen molar-refractivity contribution in [3.05, 3.63) is 52.0 Å². The van der Waals surface area contributed by atoms with Crippen molar-refractivity contribution in [1.82, 2.24) is 0 Å². The SMILES string of the molecule is NC(=S)c1ccc(NCCc2ccsc2)cc1F. The molecule has 0 aliphatic rings. The number of halogens is 1. The molecule has 0 aliphatic heterocycles. The predicted octanol–water partition coefficient (Wildman–Crippen LogP) is 3.18. The molecule has 2 aromatic rings. The van der Waals surface area contributed by atoms with Crippen molar-refractivity contribution in [2.24, 2.45) is 5.73 Å². The van der Waals surface area contributed by atoms with Crippen LogP contribution in [0.15, 0.2) is 35.0 Å². The van der Waals surface area contributed by atoms with E-state index in [1.807, 2.05) is 5.38 Å². The van der Waals surface area contributed by atoms with Crippen molar-refractivity contribution in [3.63, 3.8) is 0 Å². The van der Waals surface area contributed by atoms with E-state index in [1.165, 1.54) is 11.6 Å². The average molecular weight is 280 g/mol. The molecule has 0 saturated heterocycles. The fraction of sp³-hybridized carbons (Fsp3) is 0.154. The number of nitrogens with two attached hydrogens (primary N) is 1. The molecule has 0 radical (unpaired) electrons. The highest BCUT2D eigenvalue weighted by molar-refractivity contribution is 7.80. The topological polar surface area (TPSA) is 38.0 Å². The number of benzene rings is 1. The Balaban J connectivity index is 1.94. The first-order chi connectivity index (χ1) is 8.66. The molecule has 0 unspecified atom stereocenters. The Labute approximate surface area is 115 Å². The molecule has 0 amide bonds. The zero-order valence-electron chi connectivity index (χ0n) is 9.65. The van der Waals surface area contributed by atoms with Gasteiger partial charge in [-0.25, -0.2) is 4.39 Å². The molecule has 2 nitrogen and oxygen atoms in total. The van der Waals surface area contributed by atoms with Gasteiger partial charge in [0.05, 0.1) is 0 Å². The van der Waals surface area contributed by atoms with E-state index in [1.54, 1.807) is 23.5 Å². The Morgan fingerprint density at radius 2 is 2.22 bits per heavy atom. The third-order valence-corrected chi connectivity index (χ3v) is 3.51. The van der Waals surface area contributed by atoms with E-state index in [9.17, 15) is 4.39 Å². The van der Waals surface area contributed by atoms with Crippen LogP contribution < -0.4 is 11.1 Å². The standard InChI is InChI=1S/C13H13FN2S2/c14-12-7-10(1-2-11(12)13(15)17)16-5-3-9-4-6-18-8-9/h1-2,4,6-8,16H,3,5H2,(H2,15,17). The molecule has 94 valence electrons. The molecule has 1 aromatic heterocycles. The number of nitrogens with one attached hydrogen (secondary N) is 1. The van der Waals surface area contributed by atoms with Crippen LogP contribution in [0.25, 0.3) is 0 Å². The Morgan fingerprint density at radius 1 is 1.39 bits per heavy atom. The van der Waals surface area contributed by atoms with Crippen LogP contribution in [0.2, 0.25) is 0 Å². The van der Waals surface area contributed by atoms with Gasteiger partial charge in [0.2, 0.25) is 0 Å². The molecule has 1 heterocycles. The summed E-state index contributed by atoms with van der Waals surface area (Å²) in [7, 11) is 0. The number of hydrogen-bond acceptors (Lipinski definition) is 3. The van der Waals surface area contributed by atoms with Gasteiger partial charge in [-0.2, -0.15) is 11.3 Å². The first-order valence-electron chi connectivity index (χ1n) is 5.51. The van der Waals surface area contributed by atoms with E-state index in [-0.39, 0.29) is 16.4 Å². The van der Waals surface area contributed by atoms with Gasteiger partial charge in [-0.15, -0.1) is 0 Å². The summed E-state index contributed by atoms with van der Waals surface area (Å²) in [5, 5.41) is 7.33. The maximum Gasteiger partial charge on any atom is 0.135 e. The normalized spacial score (nSPS) is 10.3. The van der Waals surface area contributed by atoms with E-state index >= 15 is 0 Å². The van der Waals surface area contributed by atoms with Gasteiger partial charge in [-0.1, -0.05) is 12.2 Å². The van der Waals surface area contributed by atoms with Gasteiger partial charge in [-0.3, -0.25) is 0 Å². The zero-order chi connectivity index (χ0) is 13.0. The Morgan fingerprint density at radius 3 is 2.83 bits per heavy atom. The Bertz CT molecular complexity index is 538. The van der Waals surface area contributed by atoms with Crippen LogP contribution >= 0.6 is 23.6 Å². The highest BCUT2D eigenvalue weighted by Gasteiger charge is 2.05. The molecule has 2 rings (SSSR count). The van der Waals surface area contributed by atoms with Crippen molar-refractivity contribution in [3.8, 4) is 0 Å². The third-order valence-electron chi connectivity index (χ3n) is 2.56. The van der Waals surface area contributed by atoms with Gasteiger partial charge in [0.25, 0.3) is 0 Å². The largest absolute Gasteiger partial charge is 0.389 e. The van der Waals surface area contributed by atoms with E-state index in [4.69, 9.17) is 18.0 Å². The monoisotopic (exact) mass is 280 g/mol. The summed E-state index contributed by atoms with van der Waals surface area (Å²) in [5.41, 5.74) is 7.71. The highest BCUT2D eigenvalue weighted by atomic mass is 32.1. The minimum absolute atomic E-state index is 0.0809. The van der Waals surface area contributed by atoms with Gasteiger partial charge < -0.3 is 11.1 Å². The number of anilines is 1. The van der Waals surface area contributed by atoms with Gasteiger partial charge in [-0.05, 0) is 47.0 Å². The van der Waals surface area contributed by atoms with Crippen molar-refractivity contribution in [2.45, 2.75) is 6.42 Å². The maximum absolute atomic E-state index is 13.6. The molecular formula is C13H13FN2S2. The summed E-state index contributed by atoms with van der Waals surface area (Å²) in [6.45, 7) is 0.766. The van der Waals surface area contributed by atoms with Gasteiger partial charge >= 0.3 is 0 Å². The summed E-state index contributed by atoms with van der Waals surface area (Å²) in [6.07, 6.45) is 0.919. The second-order valence-electron chi connectivity index (χ2n) is 3.87. The zero-order valence-corrected chi connectivity index (χ0v) is 11.3. The van der Waals surface area contributed by atoms with E-state index < -0.39 is 0 Å². The predicted molar refractivity (Wildman–Crippen MR) is 78.8 cm³/mol. The second kappa shape index (κ2) is 5.93. The first-order valence-corrected chi connectivity index (χ1v) is 6.86. The van der Waals surface area contributed by atoms with Gasteiger partial charge in [0, 0.05) is 17.8 Å². The van der Waals surface area contributed by atoms with Gasteiger partial charge in [0.1, 0.15) is 10.8 Å². The molecule has 0 fully saturated rings. The summed E-state index contributed by atoms with van der Waals surface area (Å²) in [5.74, 6) is -0.386. The quantitative estimate of drug-likeness (QED) is 0.826. The fourth-order valence-corrected chi connectivity index (χ4v) is 2.48. The number of thiophene rings is 1. The first kappa shape index (κ1) is 13.0. The summed E-state index contributed by atoms with van der Waals surface area (Å²) in [6, 6.07) is 6.89. The highest BCUT2D eigenvalue weighted by Crippen LogP contribution is 2.15. The molecule has 18 heavy (non-hydrogen) atoms. The molecule has 5 heteroatoms. The van der Waals surface area contributed by atoms with Crippen LogP contribution in [0, 0.1) is 5.82 Å². The lowest BCUT2D eigenvalue weighted by Crippen LogP contribution is -2.12. The molecule has 0 aliphatic carbocycles. The molecule has 0 saturated carbocycles. The molecule has 0 atom stereocenters. The van der Waals surface area contributed by atoms with E-state index in [0.29, 0.717) is 0 Å². The lowest BCUT2D eigenvalue weighted by atomic mass is 10.2. The van der Waals surface area contributed by atoms with Gasteiger partial charge in [0.15, 0.2) is 0 Å². The minimum Gasteiger partial charge on any atom is -0.389 e. The van der Waals surface area contributed by atoms with Crippen LogP contribution in [0.4, 0.5) is 10.1 Å². The van der Waals surface area contributed by atoms with Crippen LogP contribution in [-0.4, -0.2) is 11.5 Å². The van der Waals surface area contributed by atoms with E-state index in [2.05, 4.69) is 16.8 Å². The fourth-order valence-electron chi connectivity index (χ4n) is 1.61. The van der Waals surface area contributed by atoms with E-state index in [0.717, 1.165) is 18.7 Å². The molecule has 0 spiro atoms. The summed E-state index contributed by atoms with van der Waals surface area (Å²) >= 11 is 6.43. The van der Waals surface area contributed by atoms with Crippen LogP contribution in [0.5, 0.6) is 0 Å². The van der Waals surface area contributed by atoms with Crippen LogP contribution in [0.1, 0.15) is 11.1 Å². The molecular weight excluding hydrogens is 267 g/mol. The molecule has 0 bridgehead atoms. The van der Waals surface area contributed by atoms with Crippen molar-refractivity contribution in [2.75, 3.05) is 11.9 Å². The Hall–Kier alpha value is -1.46. The number of thiocarbonyl (C=S) groups is 1. The number of rotatable bonds is 5. The summed E-state index contributed by atoms with van der Waals surface area (Å²) in [4.78, 5) is 0.0809. The molecule has 3 N–H and O–H groups in total. The Kier molecular flexibility index (Phi) is 4.28. The van der Waals surface area contributed by atoms with Crippen molar-refractivity contribution >= 4 is 34.2 Å². The third kappa shape index (κ3) is 3.27. The maximum atomic E-state index is 13.6. The smallest absolute Gasteiger partial charge is 0.135 e. The average Bonchev–Trinajstić information content (AvgIpc) is 2.81. The second-order valence-corrected chi connectivity index (χ2v) is 5.09. The van der Waals surface area contributed by atoms with Crippen molar-refractivity contribution < 1.29 is 4.39 Å². The number of hydrogen-bond donors (Lipinski definition) is 2. The van der Waals surface area contributed by atoms with Crippen LogP contribution in [0.3, 0.4) is 0 Å². The lowest BCUT2D eigenvalue weighted by molar-refractivity contribution is 0.626.